The number of anilines is 1. The minimum atomic E-state index is -0.406. The number of carbonyl (C=O) groups is 1. The SMILES string of the molecule is COc1cccc(N2C[C@@H]3C[C@@H](c4cccn4-c4ccc(Cl)cn4)N4CCC[C@@]34C2=O)c1. The molecule has 2 aromatic heterocycles. The van der Waals surface area contributed by atoms with Gasteiger partial charge in [0.25, 0.3) is 0 Å². The molecule has 3 aromatic rings. The van der Waals surface area contributed by atoms with Crippen molar-refractivity contribution in [1.29, 1.82) is 0 Å². The van der Waals surface area contributed by atoms with Gasteiger partial charge in [0, 0.05) is 42.3 Å². The summed E-state index contributed by atoms with van der Waals surface area (Å²) in [6.45, 7) is 1.69. The molecule has 3 saturated heterocycles. The van der Waals surface area contributed by atoms with Crippen LogP contribution in [0.25, 0.3) is 5.82 Å². The lowest BCUT2D eigenvalue weighted by Crippen LogP contribution is -2.50. The van der Waals surface area contributed by atoms with Crippen LogP contribution in [-0.2, 0) is 4.79 Å². The van der Waals surface area contributed by atoms with Gasteiger partial charge in [-0.3, -0.25) is 9.69 Å². The van der Waals surface area contributed by atoms with Crippen LogP contribution in [0.4, 0.5) is 5.69 Å². The monoisotopic (exact) mass is 448 g/mol. The number of pyridine rings is 1. The Bertz CT molecular complexity index is 1180. The third-order valence-electron chi connectivity index (χ3n) is 7.49. The molecule has 0 aliphatic carbocycles. The summed E-state index contributed by atoms with van der Waals surface area (Å²) in [6, 6.07) is 16.1. The highest BCUT2D eigenvalue weighted by atomic mass is 35.5. The number of nitrogens with zero attached hydrogens (tertiary/aromatic N) is 4. The van der Waals surface area contributed by atoms with E-state index in [-0.39, 0.29) is 11.9 Å². The molecule has 0 bridgehead atoms. The minimum absolute atomic E-state index is 0.200. The first-order chi connectivity index (χ1) is 15.6. The maximum Gasteiger partial charge on any atom is 0.247 e. The molecule has 3 atom stereocenters. The zero-order valence-corrected chi connectivity index (χ0v) is 18.7. The van der Waals surface area contributed by atoms with Gasteiger partial charge in [0.2, 0.25) is 5.91 Å². The van der Waals surface area contributed by atoms with Gasteiger partial charge >= 0.3 is 0 Å². The Labute approximate surface area is 192 Å². The maximum atomic E-state index is 13.9. The number of aromatic nitrogens is 2. The fourth-order valence-corrected chi connectivity index (χ4v) is 6.27. The quantitative estimate of drug-likeness (QED) is 0.590. The van der Waals surface area contributed by atoms with E-state index in [2.05, 4.69) is 26.6 Å². The highest BCUT2D eigenvalue weighted by molar-refractivity contribution is 6.30. The smallest absolute Gasteiger partial charge is 0.247 e. The maximum absolute atomic E-state index is 13.9. The Morgan fingerprint density at radius 2 is 2.09 bits per heavy atom. The number of carbonyl (C=O) groups excluding carboxylic acids is 1. The van der Waals surface area contributed by atoms with Crippen molar-refractivity contribution in [2.45, 2.75) is 30.8 Å². The number of rotatable bonds is 4. The Morgan fingerprint density at radius 3 is 2.91 bits per heavy atom. The minimum Gasteiger partial charge on any atom is -0.497 e. The summed E-state index contributed by atoms with van der Waals surface area (Å²) in [4.78, 5) is 22.9. The van der Waals surface area contributed by atoms with Crippen molar-refractivity contribution >= 4 is 23.2 Å². The molecule has 1 aromatic carbocycles. The molecule has 0 N–H and O–H groups in total. The predicted octanol–water partition coefficient (Wildman–Crippen LogP) is 4.48. The average Bonchev–Trinajstić information content (AvgIpc) is 3.57. The highest BCUT2D eigenvalue weighted by Gasteiger charge is 2.65. The molecule has 7 heteroatoms. The van der Waals surface area contributed by atoms with E-state index in [1.165, 1.54) is 5.69 Å². The van der Waals surface area contributed by atoms with E-state index >= 15 is 0 Å². The molecule has 3 aliphatic rings. The van der Waals surface area contributed by atoms with Crippen molar-refractivity contribution in [2.75, 3.05) is 25.1 Å². The van der Waals surface area contributed by atoms with Crippen molar-refractivity contribution in [1.82, 2.24) is 14.5 Å². The van der Waals surface area contributed by atoms with E-state index in [1.807, 2.05) is 47.5 Å². The Kier molecular flexibility index (Phi) is 4.56. The number of methoxy groups -OCH3 is 1. The van der Waals surface area contributed by atoms with Gasteiger partial charge in [0.05, 0.1) is 18.2 Å². The van der Waals surface area contributed by atoms with Gasteiger partial charge in [-0.15, -0.1) is 0 Å². The fraction of sp³-hybridized carbons (Fsp3) is 0.360. The summed E-state index contributed by atoms with van der Waals surface area (Å²) in [7, 11) is 1.66. The van der Waals surface area contributed by atoms with E-state index < -0.39 is 5.54 Å². The van der Waals surface area contributed by atoms with Crippen molar-refractivity contribution in [3.05, 3.63) is 71.6 Å². The number of hydrogen-bond donors (Lipinski definition) is 0. The van der Waals surface area contributed by atoms with Gasteiger partial charge in [-0.1, -0.05) is 17.7 Å². The number of halogens is 1. The number of amides is 1. The lowest BCUT2D eigenvalue weighted by molar-refractivity contribution is -0.126. The lowest BCUT2D eigenvalue weighted by atomic mass is 9.85. The van der Waals surface area contributed by atoms with Crippen LogP contribution < -0.4 is 9.64 Å². The van der Waals surface area contributed by atoms with Gasteiger partial charge in [0.15, 0.2) is 0 Å². The van der Waals surface area contributed by atoms with Crippen molar-refractivity contribution < 1.29 is 9.53 Å². The second-order valence-corrected chi connectivity index (χ2v) is 9.36. The molecule has 3 fully saturated rings. The van der Waals surface area contributed by atoms with Crippen molar-refractivity contribution in [2.24, 2.45) is 5.92 Å². The van der Waals surface area contributed by atoms with Crippen LogP contribution in [0.3, 0.4) is 0 Å². The highest BCUT2D eigenvalue weighted by Crippen LogP contribution is 2.56. The number of benzene rings is 1. The van der Waals surface area contributed by atoms with Gasteiger partial charge < -0.3 is 14.2 Å². The van der Waals surface area contributed by atoms with Crippen LogP contribution in [0, 0.1) is 5.92 Å². The molecule has 6 rings (SSSR count). The van der Waals surface area contributed by atoms with Gasteiger partial charge in [-0.05, 0) is 62.2 Å². The normalized spacial score (nSPS) is 27.1. The number of ether oxygens (including phenoxy) is 1. The van der Waals surface area contributed by atoms with E-state index in [9.17, 15) is 4.79 Å². The summed E-state index contributed by atoms with van der Waals surface area (Å²) in [5.41, 5.74) is 1.71. The molecule has 1 amide bonds. The second-order valence-electron chi connectivity index (χ2n) is 8.92. The zero-order chi connectivity index (χ0) is 21.9. The van der Waals surface area contributed by atoms with Gasteiger partial charge in [-0.2, -0.15) is 0 Å². The lowest BCUT2D eigenvalue weighted by Gasteiger charge is -2.34. The Balaban J connectivity index is 1.35. The molecule has 5 heterocycles. The summed E-state index contributed by atoms with van der Waals surface area (Å²) in [5, 5.41) is 0.625. The first kappa shape index (κ1) is 19.8. The molecule has 32 heavy (non-hydrogen) atoms. The third kappa shape index (κ3) is 2.76. The third-order valence-corrected chi connectivity index (χ3v) is 7.72. The Hall–Kier alpha value is -2.83. The standard InChI is InChI=1S/C25H25ClN4O2/c1-32-20-6-2-5-19(14-20)29-16-17-13-22(30-12-4-10-25(17,30)24(29)31)21-7-3-11-28(21)23-9-8-18(26)15-27-23/h2-3,5-9,11,14-15,17,22H,4,10,12-13,16H2,1H3/t17-,22-,25-/m0/s1. The van der Waals surface area contributed by atoms with Crippen molar-refractivity contribution in [3.8, 4) is 11.6 Å². The molecular weight excluding hydrogens is 424 g/mol. The van der Waals surface area contributed by atoms with Crippen LogP contribution in [0.2, 0.25) is 5.02 Å². The van der Waals surface area contributed by atoms with E-state index in [0.717, 1.165) is 49.6 Å². The van der Waals surface area contributed by atoms with E-state index in [1.54, 1.807) is 13.3 Å². The molecule has 0 unspecified atom stereocenters. The number of hydrogen-bond acceptors (Lipinski definition) is 4. The molecule has 3 aliphatic heterocycles. The average molecular weight is 449 g/mol. The molecule has 1 spiro atoms. The first-order valence-corrected chi connectivity index (χ1v) is 11.5. The summed E-state index contributed by atoms with van der Waals surface area (Å²) in [5.74, 6) is 2.16. The Morgan fingerprint density at radius 1 is 1.19 bits per heavy atom. The largest absolute Gasteiger partial charge is 0.497 e. The summed E-state index contributed by atoms with van der Waals surface area (Å²) >= 11 is 6.05. The van der Waals surface area contributed by atoms with Crippen molar-refractivity contribution in [3.63, 3.8) is 0 Å². The fourth-order valence-electron chi connectivity index (χ4n) is 6.16. The molecule has 0 saturated carbocycles. The van der Waals surface area contributed by atoms with E-state index in [0.29, 0.717) is 10.9 Å². The van der Waals surface area contributed by atoms with Gasteiger partial charge in [0.1, 0.15) is 17.1 Å². The zero-order valence-electron chi connectivity index (χ0n) is 17.9. The summed E-state index contributed by atoms with van der Waals surface area (Å²) in [6.07, 6.45) is 6.66. The van der Waals surface area contributed by atoms with Crippen LogP contribution in [0.1, 0.15) is 31.0 Å². The van der Waals surface area contributed by atoms with Crippen LogP contribution in [0.5, 0.6) is 5.75 Å². The predicted molar refractivity (Wildman–Crippen MR) is 123 cm³/mol. The molecule has 6 nitrogen and oxygen atoms in total. The van der Waals surface area contributed by atoms with Crippen LogP contribution in [-0.4, -0.2) is 46.1 Å². The van der Waals surface area contributed by atoms with Gasteiger partial charge in [-0.25, -0.2) is 4.98 Å². The topological polar surface area (TPSA) is 50.6 Å². The molecule has 164 valence electrons. The van der Waals surface area contributed by atoms with E-state index in [4.69, 9.17) is 16.3 Å². The summed E-state index contributed by atoms with van der Waals surface area (Å²) < 4.78 is 7.53. The van der Waals surface area contributed by atoms with Crippen LogP contribution >= 0.6 is 11.6 Å². The molecule has 0 radical (unpaired) electrons. The van der Waals surface area contributed by atoms with Crippen LogP contribution in [0.15, 0.2) is 60.9 Å². The second kappa shape index (κ2) is 7.36. The molecular formula is C25H25ClN4O2. The first-order valence-electron chi connectivity index (χ1n) is 11.1.